The maximum absolute atomic E-state index is 12.8. The highest BCUT2D eigenvalue weighted by Crippen LogP contribution is 2.28. The number of hydrogen-bond donors (Lipinski definition) is 1. The Morgan fingerprint density at radius 2 is 1.82 bits per heavy atom. The van der Waals surface area contributed by atoms with Gasteiger partial charge in [0.15, 0.2) is 0 Å². The van der Waals surface area contributed by atoms with E-state index in [0.29, 0.717) is 22.3 Å². The van der Waals surface area contributed by atoms with Gasteiger partial charge in [0.1, 0.15) is 12.2 Å². The van der Waals surface area contributed by atoms with Crippen LogP contribution in [0.1, 0.15) is 5.56 Å². The van der Waals surface area contributed by atoms with Gasteiger partial charge >= 0.3 is 0 Å². The van der Waals surface area contributed by atoms with E-state index in [1.165, 1.54) is 16.0 Å². The highest BCUT2D eigenvalue weighted by Gasteiger charge is 2.14. The van der Waals surface area contributed by atoms with Crippen LogP contribution in [0.2, 0.25) is 0 Å². The summed E-state index contributed by atoms with van der Waals surface area (Å²) in [6.45, 7) is -0.206. The molecule has 4 rings (SSSR count). The van der Waals surface area contributed by atoms with Crippen molar-refractivity contribution >= 4 is 33.7 Å². The van der Waals surface area contributed by atoms with E-state index in [-0.39, 0.29) is 18.0 Å². The van der Waals surface area contributed by atoms with Crippen molar-refractivity contribution in [3.05, 3.63) is 82.0 Å². The number of rotatable bonds is 4. The average Bonchev–Trinajstić information content (AvgIpc) is 3.25. The maximum atomic E-state index is 12.8. The SMILES string of the molecule is N#Cc1ccc(NC(=O)Cn2nc(-c3cccs3)c3ccccc3c2=O)cc1. The minimum Gasteiger partial charge on any atom is -0.324 e. The first kappa shape index (κ1) is 17.6. The molecule has 2 aromatic carbocycles. The van der Waals surface area contributed by atoms with Gasteiger partial charge in [-0.1, -0.05) is 24.3 Å². The molecule has 6 nitrogen and oxygen atoms in total. The molecule has 0 saturated carbocycles. The molecule has 7 heteroatoms. The molecule has 0 atom stereocenters. The van der Waals surface area contributed by atoms with Crippen LogP contribution >= 0.6 is 11.3 Å². The number of anilines is 1. The summed E-state index contributed by atoms with van der Waals surface area (Å²) in [7, 11) is 0. The van der Waals surface area contributed by atoms with Crippen LogP contribution in [0.25, 0.3) is 21.3 Å². The number of fused-ring (bicyclic) bond motifs is 1. The van der Waals surface area contributed by atoms with Crippen molar-refractivity contribution in [2.24, 2.45) is 0 Å². The van der Waals surface area contributed by atoms with Crippen LogP contribution in [0.3, 0.4) is 0 Å². The van der Waals surface area contributed by atoms with Crippen molar-refractivity contribution in [2.45, 2.75) is 6.54 Å². The van der Waals surface area contributed by atoms with Gasteiger partial charge in [-0.25, -0.2) is 4.68 Å². The number of aromatic nitrogens is 2. The molecule has 0 bridgehead atoms. The molecule has 4 aromatic rings. The topological polar surface area (TPSA) is 87.8 Å². The second-order valence-corrected chi connectivity index (χ2v) is 7.02. The largest absolute Gasteiger partial charge is 0.324 e. The van der Waals surface area contributed by atoms with Crippen LogP contribution in [0.5, 0.6) is 0 Å². The fourth-order valence-corrected chi connectivity index (χ4v) is 3.63. The molecule has 1 amide bonds. The third-order valence-electron chi connectivity index (χ3n) is 4.21. The first-order chi connectivity index (χ1) is 13.7. The number of benzene rings is 2. The molecule has 0 aliphatic rings. The summed E-state index contributed by atoms with van der Waals surface area (Å²) in [5.41, 5.74) is 1.42. The first-order valence-corrected chi connectivity index (χ1v) is 9.37. The highest BCUT2D eigenvalue weighted by atomic mass is 32.1. The zero-order valence-electron chi connectivity index (χ0n) is 14.6. The van der Waals surface area contributed by atoms with Crippen LogP contribution < -0.4 is 10.9 Å². The lowest BCUT2D eigenvalue weighted by Crippen LogP contribution is -2.30. The zero-order chi connectivity index (χ0) is 19.5. The molecular weight excluding hydrogens is 372 g/mol. The maximum Gasteiger partial charge on any atom is 0.275 e. The summed E-state index contributed by atoms with van der Waals surface area (Å²) < 4.78 is 1.19. The third-order valence-corrected chi connectivity index (χ3v) is 5.09. The Labute approximate surface area is 164 Å². The molecule has 0 unspecified atom stereocenters. The number of nitriles is 1. The van der Waals surface area contributed by atoms with Gasteiger partial charge in [0, 0.05) is 11.1 Å². The molecule has 2 heterocycles. The van der Waals surface area contributed by atoms with E-state index in [1.54, 1.807) is 36.4 Å². The number of nitrogens with one attached hydrogen (secondary N) is 1. The molecule has 2 aromatic heterocycles. The molecule has 0 fully saturated rings. The summed E-state index contributed by atoms with van der Waals surface area (Å²) in [4.78, 5) is 26.2. The minimum absolute atomic E-state index is 0.206. The minimum atomic E-state index is -0.369. The van der Waals surface area contributed by atoms with Gasteiger partial charge in [0.2, 0.25) is 5.91 Å². The Bertz CT molecular complexity index is 1250. The van der Waals surface area contributed by atoms with Crippen molar-refractivity contribution in [2.75, 3.05) is 5.32 Å². The van der Waals surface area contributed by atoms with Gasteiger partial charge in [0.05, 0.1) is 21.9 Å². The van der Waals surface area contributed by atoms with Crippen molar-refractivity contribution in [3.63, 3.8) is 0 Å². The number of nitrogens with zero attached hydrogens (tertiary/aromatic N) is 3. The summed E-state index contributed by atoms with van der Waals surface area (Å²) >= 11 is 1.53. The predicted octanol–water partition coefficient (Wildman–Crippen LogP) is 3.64. The fourth-order valence-electron chi connectivity index (χ4n) is 2.90. The second kappa shape index (κ2) is 7.47. The van der Waals surface area contributed by atoms with Crippen LogP contribution in [0, 0.1) is 11.3 Å². The van der Waals surface area contributed by atoms with Crippen molar-refractivity contribution in [3.8, 4) is 16.6 Å². The van der Waals surface area contributed by atoms with E-state index in [4.69, 9.17) is 5.26 Å². The van der Waals surface area contributed by atoms with Crippen LogP contribution in [0.15, 0.2) is 70.8 Å². The molecule has 28 heavy (non-hydrogen) atoms. The van der Waals surface area contributed by atoms with E-state index < -0.39 is 0 Å². The number of hydrogen-bond acceptors (Lipinski definition) is 5. The lowest BCUT2D eigenvalue weighted by molar-refractivity contribution is -0.117. The van der Waals surface area contributed by atoms with Crippen molar-refractivity contribution < 1.29 is 4.79 Å². The van der Waals surface area contributed by atoms with E-state index >= 15 is 0 Å². The first-order valence-electron chi connectivity index (χ1n) is 8.49. The van der Waals surface area contributed by atoms with Gasteiger partial charge in [-0.15, -0.1) is 11.3 Å². The fraction of sp³-hybridized carbons (Fsp3) is 0.0476. The molecule has 0 saturated heterocycles. The summed E-state index contributed by atoms with van der Waals surface area (Å²) in [5, 5.41) is 19.3. The lowest BCUT2D eigenvalue weighted by atomic mass is 10.1. The van der Waals surface area contributed by atoms with E-state index in [1.807, 2.05) is 35.7 Å². The molecule has 0 aliphatic heterocycles. The predicted molar refractivity (Wildman–Crippen MR) is 109 cm³/mol. The summed E-state index contributed by atoms with van der Waals surface area (Å²) in [5.74, 6) is -0.369. The monoisotopic (exact) mass is 386 g/mol. The second-order valence-electron chi connectivity index (χ2n) is 6.07. The summed E-state index contributed by atoms with van der Waals surface area (Å²) in [6, 6.07) is 19.7. The van der Waals surface area contributed by atoms with Gasteiger partial charge in [-0.2, -0.15) is 10.4 Å². The Morgan fingerprint density at radius 3 is 2.50 bits per heavy atom. The van der Waals surface area contributed by atoms with E-state index in [0.717, 1.165) is 10.3 Å². The molecule has 136 valence electrons. The average molecular weight is 386 g/mol. The van der Waals surface area contributed by atoms with Gasteiger partial charge in [-0.3, -0.25) is 9.59 Å². The normalized spacial score (nSPS) is 10.5. The quantitative estimate of drug-likeness (QED) is 0.580. The number of thiophene rings is 1. The van der Waals surface area contributed by atoms with Crippen molar-refractivity contribution in [1.82, 2.24) is 9.78 Å². The van der Waals surface area contributed by atoms with Crippen LogP contribution in [0.4, 0.5) is 5.69 Å². The number of amides is 1. The van der Waals surface area contributed by atoms with E-state index in [2.05, 4.69) is 10.4 Å². The Morgan fingerprint density at radius 1 is 1.07 bits per heavy atom. The van der Waals surface area contributed by atoms with Gasteiger partial charge < -0.3 is 5.32 Å². The summed E-state index contributed by atoms with van der Waals surface area (Å²) in [6.07, 6.45) is 0. The van der Waals surface area contributed by atoms with E-state index in [9.17, 15) is 9.59 Å². The molecule has 0 spiro atoms. The molecule has 0 radical (unpaired) electrons. The Balaban J connectivity index is 1.68. The lowest BCUT2D eigenvalue weighted by Gasteiger charge is -2.10. The zero-order valence-corrected chi connectivity index (χ0v) is 15.4. The Hall–Kier alpha value is -3.76. The molecule has 0 aliphatic carbocycles. The molecular formula is C21H14N4O2S. The number of carbonyl (C=O) groups is 1. The number of carbonyl (C=O) groups excluding carboxylic acids is 1. The van der Waals surface area contributed by atoms with Crippen molar-refractivity contribution in [1.29, 1.82) is 5.26 Å². The van der Waals surface area contributed by atoms with Gasteiger partial charge in [0.25, 0.3) is 5.56 Å². The van der Waals surface area contributed by atoms with Crippen LogP contribution in [-0.2, 0) is 11.3 Å². The van der Waals surface area contributed by atoms with Crippen LogP contribution in [-0.4, -0.2) is 15.7 Å². The third kappa shape index (κ3) is 3.41. The smallest absolute Gasteiger partial charge is 0.275 e. The highest BCUT2D eigenvalue weighted by molar-refractivity contribution is 7.13. The molecule has 1 N–H and O–H groups in total. The standard InChI is InChI=1S/C21H14N4O2S/c22-12-14-7-9-15(10-8-14)23-19(26)13-25-21(27)17-5-2-1-4-16(17)20(24-25)18-6-3-11-28-18/h1-11H,13H2,(H,23,26). The Kier molecular flexibility index (Phi) is 4.70. The van der Waals surface area contributed by atoms with Gasteiger partial charge in [-0.05, 0) is 41.8 Å².